The van der Waals surface area contributed by atoms with Gasteiger partial charge in [-0.1, -0.05) is 6.08 Å². The van der Waals surface area contributed by atoms with Crippen LogP contribution in [0.5, 0.6) is 0 Å². The van der Waals surface area contributed by atoms with Gasteiger partial charge >= 0.3 is 6.09 Å². The molecule has 0 aromatic carbocycles. The molecule has 1 atom stereocenters. The molecule has 21 heavy (non-hydrogen) atoms. The van der Waals surface area contributed by atoms with Crippen molar-refractivity contribution in [1.82, 2.24) is 9.80 Å². The Morgan fingerprint density at radius 1 is 1.38 bits per heavy atom. The van der Waals surface area contributed by atoms with Gasteiger partial charge in [-0.25, -0.2) is 4.79 Å². The highest BCUT2D eigenvalue weighted by molar-refractivity contribution is 5.79. The smallest absolute Gasteiger partial charge is 0.410 e. The number of carbonyl (C=O) groups is 2. The lowest BCUT2D eigenvalue weighted by Gasteiger charge is -2.40. The summed E-state index contributed by atoms with van der Waals surface area (Å²) in [5.41, 5.74) is -0.441. The van der Waals surface area contributed by atoms with Gasteiger partial charge < -0.3 is 14.5 Å². The first kappa shape index (κ1) is 15.9. The van der Waals surface area contributed by atoms with Crippen molar-refractivity contribution in [3.05, 3.63) is 12.7 Å². The number of nitrogens with zero attached hydrogens (tertiary/aromatic N) is 2. The molecule has 0 spiro atoms. The van der Waals surface area contributed by atoms with E-state index in [1.165, 1.54) is 0 Å². The van der Waals surface area contributed by atoms with Gasteiger partial charge in [0.2, 0.25) is 5.91 Å². The van der Waals surface area contributed by atoms with Gasteiger partial charge in [0.1, 0.15) is 5.60 Å². The Kier molecular flexibility index (Phi) is 4.59. The summed E-state index contributed by atoms with van der Waals surface area (Å²) >= 11 is 0. The fourth-order valence-electron chi connectivity index (χ4n) is 2.74. The van der Waals surface area contributed by atoms with Gasteiger partial charge in [0.25, 0.3) is 0 Å². The molecule has 2 amide bonds. The number of ether oxygens (including phenoxy) is 1. The Morgan fingerprint density at radius 3 is 2.57 bits per heavy atom. The number of hydrogen-bond acceptors (Lipinski definition) is 3. The first-order valence-corrected chi connectivity index (χ1v) is 7.66. The van der Waals surface area contributed by atoms with Gasteiger partial charge in [0.15, 0.2) is 0 Å². The molecule has 0 radical (unpaired) electrons. The van der Waals surface area contributed by atoms with E-state index in [-0.39, 0.29) is 12.0 Å². The minimum Gasteiger partial charge on any atom is -0.444 e. The summed E-state index contributed by atoms with van der Waals surface area (Å²) in [4.78, 5) is 27.2. The van der Waals surface area contributed by atoms with Crippen LogP contribution in [0.2, 0.25) is 0 Å². The number of hydrogen-bond donors (Lipinski definition) is 0. The number of carbonyl (C=O) groups excluding carboxylic acids is 2. The molecular weight excluding hydrogens is 268 g/mol. The van der Waals surface area contributed by atoms with Crippen molar-refractivity contribution in [2.24, 2.45) is 11.8 Å². The minimum atomic E-state index is -0.441. The summed E-state index contributed by atoms with van der Waals surface area (Å²) in [6.07, 6.45) is 3.18. The Balaban J connectivity index is 1.66. The molecule has 0 aliphatic carbocycles. The van der Waals surface area contributed by atoms with Crippen molar-refractivity contribution in [2.45, 2.75) is 39.2 Å². The van der Waals surface area contributed by atoms with E-state index in [1.54, 1.807) is 4.90 Å². The van der Waals surface area contributed by atoms with Crippen molar-refractivity contribution in [3.63, 3.8) is 0 Å². The summed E-state index contributed by atoms with van der Waals surface area (Å²) in [5.74, 6) is 1.01. The van der Waals surface area contributed by atoms with Crippen molar-refractivity contribution in [1.29, 1.82) is 0 Å². The molecule has 1 unspecified atom stereocenters. The van der Waals surface area contributed by atoms with Gasteiger partial charge in [-0.3, -0.25) is 4.79 Å². The lowest BCUT2D eigenvalue weighted by Crippen LogP contribution is -2.52. The highest BCUT2D eigenvalue weighted by atomic mass is 16.6. The number of rotatable bonds is 4. The van der Waals surface area contributed by atoms with Crippen LogP contribution in [0.1, 0.15) is 33.6 Å². The molecule has 2 rings (SSSR count). The van der Waals surface area contributed by atoms with Crippen molar-refractivity contribution in [2.75, 3.05) is 26.2 Å². The predicted molar refractivity (Wildman–Crippen MR) is 80.8 cm³/mol. The van der Waals surface area contributed by atoms with Gasteiger partial charge in [-0.15, -0.1) is 6.58 Å². The molecule has 5 heteroatoms. The van der Waals surface area contributed by atoms with Gasteiger partial charge in [-0.05, 0) is 33.1 Å². The van der Waals surface area contributed by atoms with Gasteiger partial charge in [0.05, 0.1) is 0 Å². The molecule has 2 aliphatic heterocycles. The Morgan fingerprint density at radius 2 is 2.05 bits per heavy atom. The highest BCUT2D eigenvalue weighted by Gasteiger charge is 2.35. The van der Waals surface area contributed by atoms with Gasteiger partial charge in [0, 0.05) is 38.5 Å². The van der Waals surface area contributed by atoms with E-state index in [0.29, 0.717) is 18.3 Å². The van der Waals surface area contributed by atoms with E-state index in [4.69, 9.17) is 4.74 Å². The molecule has 2 heterocycles. The zero-order valence-electron chi connectivity index (χ0n) is 13.3. The van der Waals surface area contributed by atoms with Crippen LogP contribution in [-0.2, 0) is 9.53 Å². The maximum Gasteiger partial charge on any atom is 0.410 e. The highest BCUT2D eigenvalue weighted by Crippen LogP contribution is 2.24. The van der Waals surface area contributed by atoms with Crippen molar-refractivity contribution in [3.8, 4) is 0 Å². The largest absolute Gasteiger partial charge is 0.444 e. The summed E-state index contributed by atoms with van der Waals surface area (Å²) in [5, 5.41) is 0. The molecular formula is C16H26N2O3. The maximum atomic E-state index is 11.8. The van der Waals surface area contributed by atoms with E-state index in [9.17, 15) is 9.59 Å². The van der Waals surface area contributed by atoms with Crippen LogP contribution in [0.25, 0.3) is 0 Å². The average Bonchev–Trinajstić information content (AvgIpc) is 2.66. The number of likely N-dealkylation sites (tertiary alicyclic amines) is 2. The normalized spacial score (nSPS) is 23.2. The zero-order valence-corrected chi connectivity index (χ0v) is 13.3. The summed E-state index contributed by atoms with van der Waals surface area (Å²) in [6, 6.07) is 0. The molecule has 2 aliphatic rings. The Bertz CT molecular complexity index is 422. The predicted octanol–water partition coefficient (Wildman–Crippen LogP) is 2.28. The topological polar surface area (TPSA) is 49.9 Å². The van der Waals surface area contributed by atoms with Crippen LogP contribution in [0.3, 0.4) is 0 Å². The van der Waals surface area contributed by atoms with Crippen LogP contribution in [-0.4, -0.2) is 53.6 Å². The molecule has 0 aromatic rings. The Labute approximate surface area is 126 Å². The van der Waals surface area contributed by atoms with E-state index in [1.807, 2.05) is 31.7 Å². The first-order chi connectivity index (χ1) is 9.78. The molecule has 0 saturated carbocycles. The van der Waals surface area contributed by atoms with Crippen molar-refractivity contribution < 1.29 is 14.3 Å². The molecule has 2 fully saturated rings. The molecule has 0 aromatic heterocycles. The average molecular weight is 294 g/mol. The SMILES string of the molecule is C=CC1CC(=O)N(CCC2CN(C(=O)OC(C)(C)C)C2)C1. The molecule has 0 bridgehead atoms. The zero-order chi connectivity index (χ0) is 15.6. The second kappa shape index (κ2) is 6.08. The third-order valence-electron chi connectivity index (χ3n) is 3.99. The Hall–Kier alpha value is -1.52. The third-order valence-corrected chi connectivity index (χ3v) is 3.99. The fraction of sp³-hybridized carbons (Fsp3) is 0.750. The quantitative estimate of drug-likeness (QED) is 0.747. The molecule has 2 saturated heterocycles. The molecule has 5 nitrogen and oxygen atoms in total. The number of amides is 2. The summed E-state index contributed by atoms with van der Waals surface area (Å²) in [7, 11) is 0. The van der Waals surface area contributed by atoms with Crippen LogP contribution < -0.4 is 0 Å². The van der Waals surface area contributed by atoms with E-state index < -0.39 is 5.60 Å². The monoisotopic (exact) mass is 294 g/mol. The van der Waals surface area contributed by atoms with Crippen LogP contribution in [0, 0.1) is 11.8 Å². The second-order valence-corrected chi connectivity index (χ2v) is 7.08. The van der Waals surface area contributed by atoms with Crippen LogP contribution in [0.4, 0.5) is 4.79 Å². The molecule has 0 N–H and O–H groups in total. The lowest BCUT2D eigenvalue weighted by molar-refractivity contribution is -0.128. The first-order valence-electron chi connectivity index (χ1n) is 7.66. The van der Waals surface area contributed by atoms with Crippen LogP contribution >= 0.6 is 0 Å². The summed E-state index contributed by atoms with van der Waals surface area (Å²) < 4.78 is 5.32. The lowest BCUT2D eigenvalue weighted by atomic mass is 9.96. The summed E-state index contributed by atoms with van der Waals surface area (Å²) in [6.45, 7) is 12.4. The van der Waals surface area contributed by atoms with Gasteiger partial charge in [-0.2, -0.15) is 0 Å². The third kappa shape index (κ3) is 4.22. The van der Waals surface area contributed by atoms with Crippen molar-refractivity contribution >= 4 is 12.0 Å². The standard InChI is InChI=1S/C16H26N2O3/c1-5-12-8-14(19)17(9-12)7-6-13-10-18(11-13)15(20)21-16(2,3)4/h5,12-13H,1,6-11H2,2-4H3. The fourth-order valence-corrected chi connectivity index (χ4v) is 2.74. The van der Waals surface area contributed by atoms with E-state index in [0.717, 1.165) is 32.6 Å². The van der Waals surface area contributed by atoms with Crippen LogP contribution in [0.15, 0.2) is 12.7 Å². The maximum absolute atomic E-state index is 11.8. The second-order valence-electron chi connectivity index (χ2n) is 7.08. The van der Waals surface area contributed by atoms with E-state index in [2.05, 4.69) is 6.58 Å². The molecule has 118 valence electrons. The van der Waals surface area contributed by atoms with E-state index >= 15 is 0 Å². The minimum absolute atomic E-state index is 0.225.